The maximum atomic E-state index is 13.1. The van der Waals surface area contributed by atoms with Crippen LogP contribution >= 0.6 is 0 Å². The Bertz CT molecular complexity index is 1030. The zero-order valence-electron chi connectivity index (χ0n) is 18.8. The molecule has 0 bridgehead atoms. The van der Waals surface area contributed by atoms with Crippen LogP contribution in [0.3, 0.4) is 0 Å². The molecule has 2 heterocycles. The fourth-order valence-corrected chi connectivity index (χ4v) is 4.20. The van der Waals surface area contributed by atoms with E-state index in [-0.39, 0.29) is 11.8 Å². The number of likely N-dealkylation sites (tertiary alicyclic amines) is 1. The van der Waals surface area contributed by atoms with Crippen molar-refractivity contribution in [2.45, 2.75) is 51.2 Å². The van der Waals surface area contributed by atoms with Crippen LogP contribution in [0, 0.1) is 5.92 Å². The maximum absolute atomic E-state index is 13.1. The smallest absolute Gasteiger partial charge is 0.322 e. The van der Waals surface area contributed by atoms with Crippen molar-refractivity contribution in [3.63, 3.8) is 0 Å². The molecule has 3 atom stereocenters. The Hall–Kier alpha value is -3.40. The second-order valence-corrected chi connectivity index (χ2v) is 8.70. The van der Waals surface area contributed by atoms with Gasteiger partial charge in [-0.15, -0.1) is 0 Å². The third-order valence-corrected chi connectivity index (χ3v) is 5.93. The Balaban J connectivity index is 1.65. The third kappa shape index (κ3) is 5.70. The minimum absolute atomic E-state index is 0.266. The first kappa shape index (κ1) is 24.2. The molecule has 1 aliphatic rings. The third-order valence-electron chi connectivity index (χ3n) is 5.93. The number of para-hydroxylation sites is 1. The number of carboxylic acids is 1. The molecule has 3 amide bonds. The molecule has 0 saturated carbocycles. The van der Waals surface area contributed by atoms with Gasteiger partial charge in [0.1, 0.15) is 18.6 Å². The van der Waals surface area contributed by atoms with E-state index in [4.69, 9.17) is 10.8 Å². The van der Waals surface area contributed by atoms with Gasteiger partial charge in [0.2, 0.25) is 17.7 Å². The van der Waals surface area contributed by atoms with Crippen LogP contribution in [0.5, 0.6) is 0 Å². The Morgan fingerprint density at radius 3 is 2.67 bits per heavy atom. The molecule has 10 heteroatoms. The van der Waals surface area contributed by atoms with Crippen molar-refractivity contribution in [3.05, 3.63) is 36.0 Å². The van der Waals surface area contributed by atoms with E-state index in [1.807, 2.05) is 30.5 Å². The highest BCUT2D eigenvalue weighted by Crippen LogP contribution is 2.22. The van der Waals surface area contributed by atoms with Crippen LogP contribution in [0.2, 0.25) is 0 Å². The van der Waals surface area contributed by atoms with Crippen molar-refractivity contribution < 1.29 is 24.3 Å². The fourth-order valence-electron chi connectivity index (χ4n) is 4.20. The second-order valence-electron chi connectivity index (χ2n) is 8.70. The van der Waals surface area contributed by atoms with Crippen LogP contribution in [-0.4, -0.2) is 69.9 Å². The zero-order chi connectivity index (χ0) is 24.1. The summed E-state index contributed by atoms with van der Waals surface area (Å²) in [6.45, 7) is 3.38. The lowest BCUT2D eigenvalue weighted by atomic mass is 10.0. The molecule has 2 aromatic rings. The highest BCUT2D eigenvalue weighted by molar-refractivity contribution is 5.94. The molecule has 1 aromatic heterocycles. The number of H-pyrrole nitrogens is 1. The summed E-state index contributed by atoms with van der Waals surface area (Å²) < 4.78 is 0. The lowest BCUT2D eigenvalue weighted by Crippen LogP contribution is -2.57. The molecular formula is C23H31N5O5. The average Bonchev–Trinajstić information content (AvgIpc) is 3.42. The topological polar surface area (TPSA) is 158 Å². The first-order valence-electron chi connectivity index (χ1n) is 11.1. The fraction of sp³-hybridized carbons (Fsp3) is 0.478. The summed E-state index contributed by atoms with van der Waals surface area (Å²) >= 11 is 0. The standard InChI is InChI=1S/C23H31N5O5/c1-13(2)20(22(32)26-12-19(29)30)27-21(31)18-8-5-9-28(18)23(33)16(24)10-14-11-25-17-7-4-3-6-15(14)17/h3-4,6-7,11,13,16,18,20,25H,5,8-10,12,24H2,1-2H3,(H,26,32)(H,27,31)(H,29,30). The summed E-state index contributed by atoms with van der Waals surface area (Å²) in [5.41, 5.74) is 8.15. The van der Waals surface area contributed by atoms with E-state index in [9.17, 15) is 19.2 Å². The van der Waals surface area contributed by atoms with Crippen LogP contribution in [0.1, 0.15) is 32.3 Å². The minimum Gasteiger partial charge on any atom is -0.480 e. The van der Waals surface area contributed by atoms with E-state index in [1.54, 1.807) is 13.8 Å². The second kappa shape index (κ2) is 10.5. The Morgan fingerprint density at radius 2 is 1.97 bits per heavy atom. The molecular weight excluding hydrogens is 426 g/mol. The number of nitrogens with two attached hydrogens (primary N) is 1. The van der Waals surface area contributed by atoms with Crippen molar-refractivity contribution in [2.24, 2.45) is 11.7 Å². The largest absolute Gasteiger partial charge is 0.480 e. The number of hydrogen-bond donors (Lipinski definition) is 5. The van der Waals surface area contributed by atoms with Gasteiger partial charge in [-0.1, -0.05) is 32.0 Å². The number of hydrogen-bond acceptors (Lipinski definition) is 5. The van der Waals surface area contributed by atoms with E-state index in [1.165, 1.54) is 4.90 Å². The number of aromatic nitrogens is 1. The van der Waals surface area contributed by atoms with Crippen molar-refractivity contribution in [1.82, 2.24) is 20.5 Å². The normalized spacial score (nSPS) is 17.7. The van der Waals surface area contributed by atoms with E-state index in [2.05, 4.69) is 15.6 Å². The lowest BCUT2D eigenvalue weighted by molar-refractivity contribution is -0.141. The summed E-state index contributed by atoms with van der Waals surface area (Å²) in [6.07, 6.45) is 3.30. The Morgan fingerprint density at radius 1 is 1.24 bits per heavy atom. The summed E-state index contributed by atoms with van der Waals surface area (Å²) in [5, 5.41) is 14.8. The van der Waals surface area contributed by atoms with E-state index in [0.29, 0.717) is 25.8 Å². The van der Waals surface area contributed by atoms with Gasteiger partial charge in [-0.25, -0.2) is 0 Å². The molecule has 10 nitrogen and oxygen atoms in total. The van der Waals surface area contributed by atoms with Crippen molar-refractivity contribution >= 4 is 34.6 Å². The number of benzene rings is 1. The summed E-state index contributed by atoms with van der Waals surface area (Å²) in [6, 6.07) is 5.32. The number of amides is 3. The molecule has 178 valence electrons. The van der Waals surface area contributed by atoms with E-state index >= 15 is 0 Å². The number of aromatic amines is 1. The van der Waals surface area contributed by atoms with Crippen LogP contribution in [0.25, 0.3) is 10.9 Å². The van der Waals surface area contributed by atoms with Gasteiger partial charge < -0.3 is 31.4 Å². The molecule has 0 spiro atoms. The highest BCUT2D eigenvalue weighted by Gasteiger charge is 2.38. The molecule has 33 heavy (non-hydrogen) atoms. The molecule has 0 radical (unpaired) electrons. The molecule has 1 aliphatic heterocycles. The van der Waals surface area contributed by atoms with Crippen LogP contribution in [0.15, 0.2) is 30.5 Å². The van der Waals surface area contributed by atoms with Gasteiger partial charge in [0.15, 0.2) is 0 Å². The van der Waals surface area contributed by atoms with Gasteiger partial charge in [0, 0.05) is 23.6 Å². The number of carbonyl (C=O) groups excluding carboxylic acids is 3. The minimum atomic E-state index is -1.17. The van der Waals surface area contributed by atoms with Gasteiger partial charge in [-0.3, -0.25) is 19.2 Å². The molecule has 3 rings (SSSR count). The number of fused-ring (bicyclic) bond motifs is 1. The van der Waals surface area contributed by atoms with Crippen LogP contribution in [-0.2, 0) is 25.6 Å². The first-order chi connectivity index (χ1) is 15.7. The number of rotatable bonds is 9. The monoisotopic (exact) mass is 457 g/mol. The number of nitrogens with zero attached hydrogens (tertiary/aromatic N) is 1. The van der Waals surface area contributed by atoms with Crippen LogP contribution in [0.4, 0.5) is 0 Å². The van der Waals surface area contributed by atoms with Gasteiger partial charge in [0.05, 0.1) is 6.04 Å². The molecule has 1 aromatic carbocycles. The zero-order valence-corrected chi connectivity index (χ0v) is 18.8. The van der Waals surface area contributed by atoms with Crippen molar-refractivity contribution in [1.29, 1.82) is 0 Å². The summed E-state index contributed by atoms with van der Waals surface area (Å²) in [7, 11) is 0. The number of carbonyl (C=O) groups is 4. The Kier molecular flexibility index (Phi) is 7.70. The van der Waals surface area contributed by atoms with Gasteiger partial charge >= 0.3 is 5.97 Å². The lowest BCUT2D eigenvalue weighted by Gasteiger charge is -2.29. The first-order valence-corrected chi connectivity index (χ1v) is 11.1. The van der Waals surface area contributed by atoms with Crippen LogP contribution < -0.4 is 16.4 Å². The number of aliphatic carboxylic acids is 1. The quantitative estimate of drug-likeness (QED) is 0.366. The summed E-state index contributed by atoms with van der Waals surface area (Å²) in [5.74, 6) is -2.77. The maximum Gasteiger partial charge on any atom is 0.322 e. The number of carboxylic acid groups (broad SMARTS) is 1. The predicted octanol–water partition coefficient (Wildman–Crippen LogP) is 0.370. The Labute approximate surface area is 191 Å². The van der Waals surface area contributed by atoms with Crippen molar-refractivity contribution in [3.8, 4) is 0 Å². The summed E-state index contributed by atoms with van der Waals surface area (Å²) in [4.78, 5) is 53.9. The SMILES string of the molecule is CC(C)C(NC(=O)C1CCCN1C(=O)C(N)Cc1c[nH]c2ccccc12)C(=O)NCC(=O)O. The number of nitrogens with one attached hydrogen (secondary N) is 3. The highest BCUT2D eigenvalue weighted by atomic mass is 16.4. The molecule has 1 fully saturated rings. The molecule has 0 aliphatic carbocycles. The predicted molar refractivity (Wildman–Crippen MR) is 122 cm³/mol. The van der Waals surface area contributed by atoms with E-state index in [0.717, 1.165) is 16.5 Å². The van der Waals surface area contributed by atoms with Gasteiger partial charge in [-0.05, 0) is 36.8 Å². The van der Waals surface area contributed by atoms with Gasteiger partial charge in [0.25, 0.3) is 0 Å². The average molecular weight is 458 g/mol. The van der Waals surface area contributed by atoms with Gasteiger partial charge in [-0.2, -0.15) is 0 Å². The van der Waals surface area contributed by atoms with Crippen molar-refractivity contribution in [2.75, 3.05) is 13.1 Å². The molecule has 3 unspecified atom stereocenters. The molecule has 1 saturated heterocycles. The van der Waals surface area contributed by atoms with E-state index < -0.39 is 42.5 Å². The molecule has 6 N–H and O–H groups in total.